The highest BCUT2D eigenvalue weighted by Crippen LogP contribution is 2.41. The second-order valence-corrected chi connectivity index (χ2v) is 5.71. The number of benzene rings is 1. The Hall–Kier alpha value is -1.42. The number of anilines is 1. The molecule has 4 nitrogen and oxygen atoms in total. The van der Waals surface area contributed by atoms with Crippen molar-refractivity contribution < 1.29 is 14.6 Å². The molecule has 2 heterocycles. The largest absolute Gasteiger partial charge is 0.454 e. The summed E-state index contributed by atoms with van der Waals surface area (Å²) in [5, 5.41) is 9.35. The smallest absolute Gasteiger partial charge is 0.231 e. The number of nitrogens with zero attached hydrogens (tertiary/aromatic N) is 1. The molecule has 4 heteroatoms. The highest BCUT2D eigenvalue weighted by atomic mass is 16.7. The van der Waals surface area contributed by atoms with Crippen molar-refractivity contribution in [2.45, 2.75) is 25.8 Å². The summed E-state index contributed by atoms with van der Waals surface area (Å²) >= 11 is 0. The molecule has 1 N–H and O–H groups in total. The van der Waals surface area contributed by atoms with E-state index in [1.165, 1.54) is 0 Å². The van der Waals surface area contributed by atoms with Gasteiger partial charge in [-0.25, -0.2) is 0 Å². The van der Waals surface area contributed by atoms with Crippen LogP contribution in [-0.4, -0.2) is 30.6 Å². The molecule has 0 aromatic heterocycles. The van der Waals surface area contributed by atoms with Gasteiger partial charge in [0.2, 0.25) is 6.79 Å². The first kappa shape index (κ1) is 11.7. The zero-order valence-electron chi connectivity index (χ0n) is 10.8. The van der Waals surface area contributed by atoms with Crippen molar-refractivity contribution >= 4 is 5.69 Å². The van der Waals surface area contributed by atoms with Crippen LogP contribution >= 0.6 is 0 Å². The van der Waals surface area contributed by atoms with E-state index in [2.05, 4.69) is 24.8 Å². The van der Waals surface area contributed by atoms with Gasteiger partial charge in [-0.1, -0.05) is 0 Å². The Morgan fingerprint density at radius 2 is 2.11 bits per heavy atom. The molecular weight excluding hydrogens is 230 g/mol. The predicted octanol–water partition coefficient (Wildman–Crippen LogP) is 2.01. The van der Waals surface area contributed by atoms with Gasteiger partial charge in [-0.2, -0.15) is 0 Å². The molecule has 2 aliphatic rings. The van der Waals surface area contributed by atoms with E-state index in [4.69, 9.17) is 9.47 Å². The Kier molecular flexibility index (Phi) is 2.63. The van der Waals surface area contributed by atoms with Gasteiger partial charge in [0.1, 0.15) is 0 Å². The van der Waals surface area contributed by atoms with E-state index in [0.29, 0.717) is 12.7 Å². The fraction of sp³-hybridized carbons (Fsp3) is 0.571. The van der Waals surface area contributed by atoms with E-state index in [1.807, 2.05) is 12.1 Å². The summed E-state index contributed by atoms with van der Waals surface area (Å²) in [6.45, 7) is 5.88. The molecule has 1 aromatic rings. The maximum absolute atomic E-state index is 9.35. The number of ether oxygens (including phenoxy) is 2. The van der Waals surface area contributed by atoms with Gasteiger partial charge in [-0.3, -0.25) is 0 Å². The minimum absolute atomic E-state index is 0.0705. The normalized spacial score (nSPS) is 24.6. The first-order valence-corrected chi connectivity index (χ1v) is 6.38. The quantitative estimate of drug-likeness (QED) is 0.870. The molecule has 2 aliphatic heterocycles. The second kappa shape index (κ2) is 4.05. The van der Waals surface area contributed by atoms with E-state index >= 15 is 0 Å². The first-order valence-electron chi connectivity index (χ1n) is 6.38. The van der Waals surface area contributed by atoms with Crippen LogP contribution < -0.4 is 14.4 Å². The molecule has 0 saturated carbocycles. The maximum atomic E-state index is 9.35. The van der Waals surface area contributed by atoms with Crippen LogP contribution in [0.5, 0.6) is 11.5 Å². The number of aliphatic hydroxyl groups excluding tert-OH is 1. The Labute approximate surface area is 107 Å². The molecular formula is C14H19NO3. The van der Waals surface area contributed by atoms with E-state index in [1.54, 1.807) is 0 Å². The van der Waals surface area contributed by atoms with E-state index in [9.17, 15) is 5.11 Å². The van der Waals surface area contributed by atoms with E-state index in [0.717, 1.165) is 30.2 Å². The number of rotatable bonds is 2. The Balaban J connectivity index is 1.90. The SMILES string of the molecule is CC1(C)CC(CO)CN1c1ccc2c(c1)OCO2. The average molecular weight is 249 g/mol. The van der Waals surface area contributed by atoms with Crippen LogP contribution in [0.4, 0.5) is 5.69 Å². The molecule has 1 saturated heterocycles. The van der Waals surface area contributed by atoms with Crippen LogP contribution in [0, 0.1) is 5.92 Å². The lowest BCUT2D eigenvalue weighted by Crippen LogP contribution is -2.38. The topological polar surface area (TPSA) is 41.9 Å². The molecule has 18 heavy (non-hydrogen) atoms. The van der Waals surface area contributed by atoms with Gasteiger partial charge in [-0.15, -0.1) is 0 Å². The highest BCUT2D eigenvalue weighted by molar-refractivity contribution is 5.59. The van der Waals surface area contributed by atoms with Crippen LogP contribution in [0.15, 0.2) is 18.2 Å². The van der Waals surface area contributed by atoms with Crippen molar-refractivity contribution in [2.24, 2.45) is 5.92 Å². The van der Waals surface area contributed by atoms with Crippen molar-refractivity contribution in [1.82, 2.24) is 0 Å². The summed E-state index contributed by atoms with van der Waals surface area (Å²) < 4.78 is 10.8. The third-order valence-electron chi connectivity index (χ3n) is 3.89. The lowest BCUT2D eigenvalue weighted by molar-refractivity contribution is 0.174. The second-order valence-electron chi connectivity index (χ2n) is 5.71. The molecule has 0 spiro atoms. The monoisotopic (exact) mass is 249 g/mol. The summed E-state index contributed by atoms with van der Waals surface area (Å²) in [6, 6.07) is 6.05. The van der Waals surface area contributed by atoms with Crippen LogP contribution in [0.25, 0.3) is 0 Å². The zero-order valence-corrected chi connectivity index (χ0v) is 10.8. The summed E-state index contributed by atoms with van der Waals surface area (Å²) in [7, 11) is 0. The molecule has 1 atom stereocenters. The fourth-order valence-corrected chi connectivity index (χ4v) is 3.02. The van der Waals surface area contributed by atoms with Gasteiger partial charge in [0.25, 0.3) is 0 Å². The fourth-order valence-electron chi connectivity index (χ4n) is 3.02. The maximum Gasteiger partial charge on any atom is 0.231 e. The van der Waals surface area contributed by atoms with E-state index < -0.39 is 0 Å². The van der Waals surface area contributed by atoms with Gasteiger partial charge < -0.3 is 19.5 Å². The van der Waals surface area contributed by atoms with Crippen molar-refractivity contribution in [3.8, 4) is 11.5 Å². The van der Waals surface area contributed by atoms with Crippen LogP contribution in [0.1, 0.15) is 20.3 Å². The molecule has 0 radical (unpaired) electrons. The molecule has 1 aromatic carbocycles. The number of hydrogen-bond acceptors (Lipinski definition) is 4. The standard InChI is InChI=1S/C14H19NO3/c1-14(2)6-10(8-16)7-15(14)11-3-4-12-13(5-11)18-9-17-12/h3-5,10,16H,6-9H2,1-2H3. The lowest BCUT2D eigenvalue weighted by Gasteiger charge is -2.33. The lowest BCUT2D eigenvalue weighted by atomic mass is 9.97. The predicted molar refractivity (Wildman–Crippen MR) is 69.2 cm³/mol. The zero-order chi connectivity index (χ0) is 12.8. The van der Waals surface area contributed by atoms with E-state index in [-0.39, 0.29) is 12.1 Å². The molecule has 0 aliphatic carbocycles. The summed E-state index contributed by atoms with van der Waals surface area (Å²) in [5.41, 5.74) is 1.21. The number of fused-ring (bicyclic) bond motifs is 1. The van der Waals surface area contributed by atoms with Crippen molar-refractivity contribution in [3.63, 3.8) is 0 Å². The summed E-state index contributed by atoms with van der Waals surface area (Å²) in [4.78, 5) is 2.34. The van der Waals surface area contributed by atoms with Crippen LogP contribution in [0.2, 0.25) is 0 Å². The Morgan fingerprint density at radius 3 is 2.83 bits per heavy atom. The molecule has 3 rings (SSSR count). The highest BCUT2D eigenvalue weighted by Gasteiger charge is 2.38. The molecule has 0 bridgehead atoms. The van der Waals surface area contributed by atoms with Crippen LogP contribution in [0.3, 0.4) is 0 Å². The van der Waals surface area contributed by atoms with Gasteiger partial charge in [0.15, 0.2) is 11.5 Å². The minimum atomic E-state index is 0.0705. The van der Waals surface area contributed by atoms with Gasteiger partial charge in [0.05, 0.1) is 0 Å². The minimum Gasteiger partial charge on any atom is -0.454 e. The summed E-state index contributed by atoms with van der Waals surface area (Å²) in [5.74, 6) is 1.98. The Morgan fingerprint density at radius 1 is 1.33 bits per heavy atom. The molecule has 98 valence electrons. The van der Waals surface area contributed by atoms with Gasteiger partial charge in [0, 0.05) is 36.4 Å². The van der Waals surface area contributed by atoms with Crippen LogP contribution in [-0.2, 0) is 0 Å². The number of hydrogen-bond donors (Lipinski definition) is 1. The summed E-state index contributed by atoms with van der Waals surface area (Å²) in [6.07, 6.45) is 1.01. The molecule has 1 fully saturated rings. The van der Waals surface area contributed by atoms with Crippen molar-refractivity contribution in [3.05, 3.63) is 18.2 Å². The van der Waals surface area contributed by atoms with Gasteiger partial charge in [-0.05, 0) is 32.4 Å². The number of aliphatic hydroxyl groups is 1. The van der Waals surface area contributed by atoms with Crippen molar-refractivity contribution in [2.75, 3.05) is 24.8 Å². The third-order valence-corrected chi connectivity index (χ3v) is 3.89. The molecule has 0 amide bonds. The molecule has 1 unspecified atom stereocenters. The van der Waals surface area contributed by atoms with Crippen molar-refractivity contribution in [1.29, 1.82) is 0 Å². The van der Waals surface area contributed by atoms with Gasteiger partial charge >= 0.3 is 0 Å². The Bertz CT molecular complexity index is 458. The average Bonchev–Trinajstić information content (AvgIpc) is 2.91. The first-order chi connectivity index (χ1) is 8.60. The third kappa shape index (κ3) is 1.81.